The van der Waals surface area contributed by atoms with Gasteiger partial charge in [-0.3, -0.25) is 4.79 Å². The van der Waals surface area contributed by atoms with Gasteiger partial charge in [0.2, 0.25) is 5.91 Å². The number of hydrogen-bond acceptors (Lipinski definition) is 3. The average Bonchev–Trinajstić information content (AvgIpc) is 2.46. The van der Waals surface area contributed by atoms with Crippen LogP contribution in [0.5, 0.6) is 0 Å². The van der Waals surface area contributed by atoms with Crippen molar-refractivity contribution in [1.82, 2.24) is 4.90 Å². The molecular weight excluding hydrogens is 286 g/mol. The lowest BCUT2D eigenvalue weighted by Gasteiger charge is -2.19. The first-order valence-corrected chi connectivity index (χ1v) is 8.01. The number of rotatable bonds is 9. The highest BCUT2D eigenvalue weighted by Gasteiger charge is 2.06. The fraction of sp³-hybridized carbons (Fsp3) is 0.562. The van der Waals surface area contributed by atoms with Gasteiger partial charge in [-0.2, -0.15) is 0 Å². The second-order valence-corrected chi connectivity index (χ2v) is 5.58. The number of amides is 1. The van der Waals surface area contributed by atoms with E-state index in [1.165, 1.54) is 12.8 Å². The number of anilines is 2. The zero-order valence-electron chi connectivity index (χ0n) is 13.0. The Morgan fingerprint density at radius 3 is 2.62 bits per heavy atom. The van der Waals surface area contributed by atoms with E-state index in [0.717, 1.165) is 26.1 Å². The highest BCUT2D eigenvalue weighted by Crippen LogP contribution is 2.22. The molecule has 0 spiro atoms. The van der Waals surface area contributed by atoms with Gasteiger partial charge >= 0.3 is 0 Å². The van der Waals surface area contributed by atoms with Gasteiger partial charge in [-0.25, -0.2) is 0 Å². The van der Waals surface area contributed by atoms with Crippen LogP contribution < -0.4 is 11.1 Å². The van der Waals surface area contributed by atoms with Gasteiger partial charge in [-0.15, -0.1) is 0 Å². The van der Waals surface area contributed by atoms with Gasteiger partial charge in [0.1, 0.15) is 0 Å². The minimum atomic E-state index is 0.0169. The first kappa shape index (κ1) is 17.8. The number of unbranched alkanes of at least 4 members (excludes halogenated alkanes) is 1. The maximum absolute atomic E-state index is 11.9. The summed E-state index contributed by atoms with van der Waals surface area (Å²) in [5.74, 6) is 0.0169. The average molecular weight is 312 g/mol. The van der Waals surface area contributed by atoms with E-state index < -0.39 is 0 Å². The summed E-state index contributed by atoms with van der Waals surface area (Å²) in [5, 5.41) is 3.35. The lowest BCUT2D eigenvalue weighted by molar-refractivity contribution is -0.116. The molecule has 5 heteroatoms. The summed E-state index contributed by atoms with van der Waals surface area (Å²) in [6.07, 6.45) is 3.80. The van der Waals surface area contributed by atoms with E-state index in [9.17, 15) is 4.79 Å². The van der Waals surface area contributed by atoms with Crippen molar-refractivity contribution in [2.75, 3.05) is 30.7 Å². The number of benzene rings is 1. The Morgan fingerprint density at radius 1 is 1.29 bits per heavy atom. The van der Waals surface area contributed by atoms with Crippen molar-refractivity contribution in [3.63, 3.8) is 0 Å². The number of carbonyl (C=O) groups excluding carboxylic acids is 1. The van der Waals surface area contributed by atoms with E-state index in [-0.39, 0.29) is 5.91 Å². The zero-order valence-corrected chi connectivity index (χ0v) is 13.7. The predicted octanol–water partition coefficient (Wildman–Crippen LogP) is 3.76. The van der Waals surface area contributed by atoms with Crippen LogP contribution in [0.15, 0.2) is 18.2 Å². The minimum absolute atomic E-state index is 0.0169. The Bertz CT molecular complexity index is 451. The molecule has 0 aliphatic heterocycles. The van der Waals surface area contributed by atoms with Crippen LogP contribution in [0.1, 0.15) is 39.5 Å². The van der Waals surface area contributed by atoms with Crippen LogP contribution in [0.25, 0.3) is 0 Å². The van der Waals surface area contributed by atoms with Gasteiger partial charge in [-0.05, 0) is 50.7 Å². The second kappa shape index (κ2) is 9.64. The molecule has 0 atom stereocenters. The van der Waals surface area contributed by atoms with Crippen molar-refractivity contribution in [1.29, 1.82) is 0 Å². The lowest BCUT2D eigenvalue weighted by Crippen LogP contribution is -2.26. The van der Waals surface area contributed by atoms with E-state index in [1.54, 1.807) is 18.2 Å². The SMILES string of the molecule is CCCCN(CC)CCCC(=O)Nc1ccc(Cl)c(N)c1. The van der Waals surface area contributed by atoms with Crippen LogP contribution in [-0.2, 0) is 4.79 Å². The molecule has 0 aliphatic carbocycles. The third-order valence-electron chi connectivity index (χ3n) is 3.43. The quantitative estimate of drug-likeness (QED) is 0.683. The summed E-state index contributed by atoms with van der Waals surface area (Å²) in [6.45, 7) is 7.47. The van der Waals surface area contributed by atoms with Crippen molar-refractivity contribution in [3.8, 4) is 0 Å². The van der Waals surface area contributed by atoms with E-state index in [1.807, 2.05) is 0 Å². The zero-order chi connectivity index (χ0) is 15.7. The molecule has 0 fully saturated rings. The number of nitrogen functional groups attached to an aromatic ring is 1. The molecule has 1 aromatic rings. The van der Waals surface area contributed by atoms with Crippen LogP contribution in [0.4, 0.5) is 11.4 Å². The molecule has 118 valence electrons. The van der Waals surface area contributed by atoms with Gasteiger partial charge in [0.25, 0.3) is 0 Å². The Morgan fingerprint density at radius 2 is 2.00 bits per heavy atom. The molecular formula is C16H26ClN3O. The van der Waals surface area contributed by atoms with Crippen molar-refractivity contribution < 1.29 is 4.79 Å². The summed E-state index contributed by atoms with van der Waals surface area (Å²) in [6, 6.07) is 5.13. The Balaban J connectivity index is 2.31. The highest BCUT2D eigenvalue weighted by atomic mass is 35.5. The standard InChI is InChI=1S/C16H26ClN3O/c1-3-5-10-20(4-2)11-6-7-16(21)19-13-8-9-14(17)15(18)12-13/h8-9,12H,3-7,10-11,18H2,1-2H3,(H,19,21). The van der Waals surface area contributed by atoms with E-state index in [4.69, 9.17) is 17.3 Å². The fourth-order valence-corrected chi connectivity index (χ4v) is 2.24. The number of nitrogens with two attached hydrogens (primary N) is 1. The maximum atomic E-state index is 11.9. The molecule has 1 aromatic carbocycles. The summed E-state index contributed by atoms with van der Waals surface area (Å²) in [4.78, 5) is 14.3. The molecule has 0 bridgehead atoms. The molecule has 0 saturated carbocycles. The molecule has 3 N–H and O–H groups in total. The summed E-state index contributed by atoms with van der Waals surface area (Å²) < 4.78 is 0. The van der Waals surface area contributed by atoms with Crippen LogP contribution in [0, 0.1) is 0 Å². The summed E-state index contributed by atoms with van der Waals surface area (Å²) >= 11 is 5.85. The number of nitrogens with zero attached hydrogens (tertiary/aromatic N) is 1. The van der Waals surface area contributed by atoms with Crippen molar-refractivity contribution in [3.05, 3.63) is 23.2 Å². The predicted molar refractivity (Wildman–Crippen MR) is 90.8 cm³/mol. The van der Waals surface area contributed by atoms with Gasteiger partial charge in [-0.1, -0.05) is 31.9 Å². The van der Waals surface area contributed by atoms with Crippen molar-refractivity contribution in [2.24, 2.45) is 0 Å². The van der Waals surface area contributed by atoms with Gasteiger partial charge < -0.3 is 16.0 Å². The van der Waals surface area contributed by atoms with Gasteiger partial charge in [0.05, 0.1) is 10.7 Å². The Labute approximate surface area is 132 Å². The normalized spacial score (nSPS) is 10.9. The fourth-order valence-electron chi connectivity index (χ4n) is 2.12. The maximum Gasteiger partial charge on any atom is 0.224 e. The molecule has 21 heavy (non-hydrogen) atoms. The van der Waals surface area contributed by atoms with Gasteiger partial charge in [0, 0.05) is 12.1 Å². The Hall–Kier alpha value is -1.26. The molecule has 1 amide bonds. The summed E-state index contributed by atoms with van der Waals surface area (Å²) in [7, 11) is 0. The molecule has 1 rings (SSSR count). The molecule has 0 unspecified atom stereocenters. The molecule has 0 aliphatic rings. The van der Waals surface area contributed by atoms with E-state index in [0.29, 0.717) is 22.8 Å². The van der Waals surface area contributed by atoms with Crippen molar-refractivity contribution >= 4 is 28.9 Å². The molecule has 0 aromatic heterocycles. The third kappa shape index (κ3) is 6.82. The number of carbonyl (C=O) groups is 1. The van der Waals surface area contributed by atoms with Crippen LogP contribution in [-0.4, -0.2) is 30.4 Å². The van der Waals surface area contributed by atoms with E-state index >= 15 is 0 Å². The second-order valence-electron chi connectivity index (χ2n) is 5.18. The minimum Gasteiger partial charge on any atom is -0.397 e. The first-order chi connectivity index (χ1) is 10.1. The van der Waals surface area contributed by atoms with Crippen LogP contribution >= 0.6 is 11.6 Å². The molecule has 4 nitrogen and oxygen atoms in total. The van der Waals surface area contributed by atoms with Crippen LogP contribution in [0.2, 0.25) is 5.02 Å². The lowest BCUT2D eigenvalue weighted by atomic mass is 10.2. The van der Waals surface area contributed by atoms with Gasteiger partial charge in [0.15, 0.2) is 0 Å². The number of halogens is 1. The largest absolute Gasteiger partial charge is 0.397 e. The Kier molecular flexibility index (Phi) is 8.16. The highest BCUT2D eigenvalue weighted by molar-refractivity contribution is 6.33. The third-order valence-corrected chi connectivity index (χ3v) is 3.78. The van der Waals surface area contributed by atoms with Crippen molar-refractivity contribution in [2.45, 2.75) is 39.5 Å². The molecule has 0 saturated heterocycles. The number of nitrogens with one attached hydrogen (secondary N) is 1. The smallest absolute Gasteiger partial charge is 0.224 e. The topological polar surface area (TPSA) is 58.4 Å². The monoisotopic (exact) mass is 311 g/mol. The summed E-state index contributed by atoms with van der Waals surface area (Å²) in [5.41, 5.74) is 6.88. The number of hydrogen-bond donors (Lipinski definition) is 2. The molecule has 0 heterocycles. The van der Waals surface area contributed by atoms with E-state index in [2.05, 4.69) is 24.1 Å². The first-order valence-electron chi connectivity index (χ1n) is 7.64. The molecule has 0 radical (unpaired) electrons. The van der Waals surface area contributed by atoms with Crippen LogP contribution in [0.3, 0.4) is 0 Å².